The average Bonchev–Trinajstić information content (AvgIpc) is 2.31. The Labute approximate surface area is 134 Å². The van der Waals surface area contributed by atoms with Gasteiger partial charge in [-0.15, -0.1) is 0 Å². The van der Waals surface area contributed by atoms with E-state index in [1.807, 2.05) is 6.07 Å². The van der Waals surface area contributed by atoms with Gasteiger partial charge in [-0.3, -0.25) is 9.69 Å². The molecule has 0 bridgehead atoms. The second-order valence-corrected chi connectivity index (χ2v) is 5.80. The van der Waals surface area contributed by atoms with Gasteiger partial charge in [-0.2, -0.15) is 13.2 Å². The molecule has 118 valence electrons. The van der Waals surface area contributed by atoms with Crippen LogP contribution in [-0.4, -0.2) is 48.3 Å². The van der Waals surface area contributed by atoms with Gasteiger partial charge < -0.3 is 10.4 Å². The van der Waals surface area contributed by atoms with Crippen LogP contribution in [0.25, 0.3) is 0 Å². The van der Waals surface area contributed by atoms with Crippen molar-refractivity contribution in [2.75, 3.05) is 31.6 Å². The first-order valence-electron chi connectivity index (χ1n) is 6.17. The molecule has 0 aromatic heterocycles. The van der Waals surface area contributed by atoms with Crippen LogP contribution in [0.15, 0.2) is 18.2 Å². The van der Waals surface area contributed by atoms with Crippen molar-refractivity contribution in [2.45, 2.75) is 13.1 Å². The Morgan fingerprint density at radius 3 is 2.62 bits per heavy atom. The van der Waals surface area contributed by atoms with Crippen LogP contribution in [-0.2, 0) is 4.79 Å². The number of carbonyl (C=O) groups excluding carboxylic acids is 1. The molecule has 0 radical (unpaired) electrons. The van der Waals surface area contributed by atoms with Crippen LogP contribution in [0, 0.1) is 10.5 Å². The molecule has 1 rings (SSSR count). The van der Waals surface area contributed by atoms with Gasteiger partial charge >= 0.3 is 6.18 Å². The van der Waals surface area contributed by atoms with Crippen LogP contribution >= 0.6 is 22.6 Å². The average molecular weight is 416 g/mol. The predicted molar refractivity (Wildman–Crippen MR) is 82.1 cm³/mol. The van der Waals surface area contributed by atoms with Crippen molar-refractivity contribution >= 4 is 34.2 Å². The first-order valence-corrected chi connectivity index (χ1v) is 7.25. The summed E-state index contributed by atoms with van der Waals surface area (Å²) in [6, 6.07) is 5.36. The summed E-state index contributed by atoms with van der Waals surface area (Å²) in [5.74, 6) is -0.544. The monoisotopic (exact) mass is 416 g/mol. The summed E-state index contributed by atoms with van der Waals surface area (Å²) in [6.45, 7) is -0.498. The van der Waals surface area contributed by atoms with Gasteiger partial charge in [0.05, 0.1) is 19.7 Å². The van der Waals surface area contributed by atoms with Crippen molar-refractivity contribution in [2.24, 2.45) is 0 Å². The lowest BCUT2D eigenvalue weighted by Crippen LogP contribution is -2.41. The molecule has 0 atom stereocenters. The summed E-state index contributed by atoms with van der Waals surface area (Å²) >= 11 is 2.13. The van der Waals surface area contributed by atoms with Crippen LogP contribution in [0.3, 0.4) is 0 Å². The highest BCUT2D eigenvalue weighted by molar-refractivity contribution is 14.1. The lowest BCUT2D eigenvalue weighted by atomic mass is 10.2. The molecular weight excluding hydrogens is 400 g/mol. The zero-order valence-corrected chi connectivity index (χ0v) is 13.5. The Balaban J connectivity index is 2.65. The largest absolute Gasteiger partial charge is 0.401 e. The van der Waals surface area contributed by atoms with Crippen LogP contribution in [0.4, 0.5) is 18.9 Å². The molecule has 0 unspecified atom stereocenters. The number of amides is 1. The van der Waals surface area contributed by atoms with E-state index < -0.39 is 31.8 Å². The topological polar surface area (TPSA) is 52.6 Å². The molecule has 4 nitrogen and oxygen atoms in total. The standard InChI is InChI=1S/C13H16F3IN2O2/c1-9-6-10(17)2-3-11(9)18-12(21)7-19(4-5-20)8-13(14,15)16/h2-3,6,20H,4-5,7-8H2,1H3,(H,18,21). The molecule has 0 heterocycles. The number of nitrogens with one attached hydrogen (secondary N) is 1. The highest BCUT2D eigenvalue weighted by atomic mass is 127. The van der Waals surface area contributed by atoms with Crippen LogP contribution < -0.4 is 5.32 Å². The van der Waals surface area contributed by atoms with Gasteiger partial charge in [0.1, 0.15) is 0 Å². The van der Waals surface area contributed by atoms with Crippen LogP contribution in [0.1, 0.15) is 5.56 Å². The normalized spacial score (nSPS) is 11.8. The Hall–Kier alpha value is -0.870. The van der Waals surface area contributed by atoms with E-state index in [0.717, 1.165) is 14.0 Å². The minimum atomic E-state index is -4.41. The van der Waals surface area contributed by atoms with Gasteiger partial charge in [0.25, 0.3) is 0 Å². The molecule has 21 heavy (non-hydrogen) atoms. The number of nitrogens with zero attached hydrogens (tertiary/aromatic N) is 1. The van der Waals surface area contributed by atoms with Crippen molar-refractivity contribution in [3.05, 3.63) is 27.3 Å². The first kappa shape index (κ1) is 18.2. The SMILES string of the molecule is Cc1cc(I)ccc1NC(=O)CN(CCO)CC(F)(F)F. The summed E-state index contributed by atoms with van der Waals surface area (Å²) in [5, 5.41) is 11.3. The Morgan fingerprint density at radius 2 is 2.10 bits per heavy atom. The maximum Gasteiger partial charge on any atom is 0.401 e. The summed E-state index contributed by atoms with van der Waals surface area (Å²) in [5.41, 5.74) is 1.40. The fourth-order valence-corrected chi connectivity index (χ4v) is 2.42. The number of rotatable bonds is 6. The third-order valence-electron chi connectivity index (χ3n) is 2.65. The molecule has 1 aromatic carbocycles. The zero-order chi connectivity index (χ0) is 16.0. The Bertz CT molecular complexity index is 495. The van der Waals surface area contributed by atoms with Crippen molar-refractivity contribution in [3.63, 3.8) is 0 Å². The second kappa shape index (κ2) is 7.95. The second-order valence-electron chi connectivity index (χ2n) is 4.56. The summed E-state index contributed by atoms with van der Waals surface area (Å²) in [6.07, 6.45) is -4.41. The Morgan fingerprint density at radius 1 is 1.43 bits per heavy atom. The third-order valence-corrected chi connectivity index (χ3v) is 3.32. The smallest absolute Gasteiger partial charge is 0.395 e. The van der Waals surface area contributed by atoms with Crippen molar-refractivity contribution in [3.8, 4) is 0 Å². The van der Waals surface area contributed by atoms with E-state index in [-0.39, 0.29) is 6.54 Å². The van der Waals surface area contributed by atoms with Crippen molar-refractivity contribution in [1.82, 2.24) is 4.90 Å². The third kappa shape index (κ3) is 7.09. The van der Waals surface area contributed by atoms with Gasteiger partial charge in [0.15, 0.2) is 0 Å². The fraction of sp³-hybridized carbons (Fsp3) is 0.462. The summed E-state index contributed by atoms with van der Waals surface area (Å²) in [4.78, 5) is 12.7. The molecule has 8 heteroatoms. The van der Waals surface area contributed by atoms with Crippen LogP contribution in [0.2, 0.25) is 0 Å². The molecule has 1 amide bonds. The molecule has 1 aromatic rings. The maximum atomic E-state index is 12.4. The van der Waals surface area contributed by atoms with E-state index in [9.17, 15) is 18.0 Å². The van der Waals surface area contributed by atoms with E-state index in [1.54, 1.807) is 19.1 Å². The van der Waals surface area contributed by atoms with E-state index in [4.69, 9.17) is 5.11 Å². The zero-order valence-electron chi connectivity index (χ0n) is 11.4. The number of aryl methyl sites for hydroxylation is 1. The molecule has 2 N–H and O–H groups in total. The number of aliphatic hydroxyl groups is 1. The molecule has 0 aliphatic heterocycles. The molecule has 0 aliphatic carbocycles. The number of hydrogen-bond donors (Lipinski definition) is 2. The lowest BCUT2D eigenvalue weighted by molar-refractivity contribution is -0.148. The first-order chi connectivity index (χ1) is 9.71. The number of halogens is 4. The van der Waals surface area contributed by atoms with Gasteiger partial charge in [-0.1, -0.05) is 0 Å². The Kier molecular flexibility index (Phi) is 6.88. The van der Waals surface area contributed by atoms with Crippen molar-refractivity contribution in [1.29, 1.82) is 0 Å². The quantitative estimate of drug-likeness (QED) is 0.701. The van der Waals surface area contributed by atoms with Gasteiger partial charge in [0.2, 0.25) is 5.91 Å². The van der Waals surface area contributed by atoms with E-state index in [1.165, 1.54) is 0 Å². The number of alkyl halides is 3. The lowest BCUT2D eigenvalue weighted by Gasteiger charge is -2.22. The highest BCUT2D eigenvalue weighted by Crippen LogP contribution is 2.18. The molecule has 0 saturated heterocycles. The molecule has 0 saturated carbocycles. The minimum Gasteiger partial charge on any atom is -0.395 e. The van der Waals surface area contributed by atoms with E-state index in [0.29, 0.717) is 5.69 Å². The van der Waals surface area contributed by atoms with Gasteiger partial charge in [-0.25, -0.2) is 0 Å². The van der Waals surface area contributed by atoms with Gasteiger partial charge in [0, 0.05) is 15.8 Å². The van der Waals surface area contributed by atoms with Gasteiger partial charge in [-0.05, 0) is 53.3 Å². The molecule has 0 aliphatic rings. The number of benzene rings is 1. The molecule has 0 fully saturated rings. The minimum absolute atomic E-state index is 0.210. The van der Waals surface area contributed by atoms with Crippen LogP contribution in [0.5, 0.6) is 0 Å². The fourth-order valence-electron chi connectivity index (χ4n) is 1.77. The number of aliphatic hydroxyl groups excluding tert-OH is 1. The maximum absolute atomic E-state index is 12.4. The molecule has 0 spiro atoms. The summed E-state index contributed by atoms with van der Waals surface area (Å²) < 4.78 is 38.1. The highest BCUT2D eigenvalue weighted by Gasteiger charge is 2.31. The summed E-state index contributed by atoms with van der Waals surface area (Å²) in [7, 11) is 0. The number of carbonyl (C=O) groups is 1. The number of anilines is 1. The predicted octanol–water partition coefficient (Wildman–Crippen LogP) is 2.39. The number of hydrogen-bond acceptors (Lipinski definition) is 3. The molecular formula is C13H16F3IN2O2. The van der Waals surface area contributed by atoms with E-state index in [2.05, 4.69) is 27.9 Å². The van der Waals surface area contributed by atoms with Crippen molar-refractivity contribution < 1.29 is 23.1 Å². The van der Waals surface area contributed by atoms with E-state index >= 15 is 0 Å².